The molecule has 2 aromatic carbocycles. The molecule has 0 bridgehead atoms. The fraction of sp³-hybridized carbons (Fsp3) is 0.0667. The average molecular weight is 305 g/mol. The van der Waals surface area contributed by atoms with Crippen LogP contribution in [0.4, 0.5) is 10.1 Å². The third-order valence-electron chi connectivity index (χ3n) is 3.34. The van der Waals surface area contributed by atoms with E-state index in [0.717, 1.165) is 10.9 Å². The van der Waals surface area contributed by atoms with Crippen molar-refractivity contribution < 1.29 is 9.31 Å². The minimum absolute atomic E-state index is 0.0363. The number of nitrogens with zero attached hydrogens (tertiary/aromatic N) is 2. The number of benzene rings is 2. The highest BCUT2D eigenvalue weighted by Crippen LogP contribution is 2.24. The van der Waals surface area contributed by atoms with E-state index in [1.807, 2.05) is 4.57 Å². The standard InChI is InChI=1S/C15H10ClFN2O2/c16-13-3-1-2-11(15(13)17)9-18-7-6-10-8-12(19(20)21)4-5-14(10)18/h1-8H,9H2. The van der Waals surface area contributed by atoms with E-state index in [0.29, 0.717) is 12.1 Å². The van der Waals surface area contributed by atoms with Gasteiger partial charge in [-0.3, -0.25) is 10.1 Å². The van der Waals surface area contributed by atoms with Gasteiger partial charge in [-0.2, -0.15) is 0 Å². The van der Waals surface area contributed by atoms with Crippen LogP contribution in [-0.4, -0.2) is 9.49 Å². The predicted molar refractivity (Wildman–Crippen MR) is 79.1 cm³/mol. The van der Waals surface area contributed by atoms with E-state index < -0.39 is 10.7 Å². The summed E-state index contributed by atoms with van der Waals surface area (Å²) in [5.74, 6) is -0.442. The summed E-state index contributed by atoms with van der Waals surface area (Å²) in [6.07, 6.45) is 1.77. The first-order valence-corrected chi connectivity index (χ1v) is 6.60. The van der Waals surface area contributed by atoms with Gasteiger partial charge in [0.05, 0.1) is 16.5 Å². The molecule has 0 radical (unpaired) electrons. The maximum absolute atomic E-state index is 13.9. The number of rotatable bonds is 3. The molecule has 0 saturated carbocycles. The minimum atomic E-state index is -0.442. The average Bonchev–Trinajstić information content (AvgIpc) is 2.86. The second kappa shape index (κ2) is 5.18. The predicted octanol–water partition coefficient (Wildman–Crippen LogP) is 4.39. The van der Waals surface area contributed by atoms with Crippen molar-refractivity contribution in [2.45, 2.75) is 6.54 Å². The van der Waals surface area contributed by atoms with Gasteiger partial charge < -0.3 is 4.57 Å². The van der Waals surface area contributed by atoms with Crippen molar-refractivity contribution in [2.75, 3.05) is 0 Å². The van der Waals surface area contributed by atoms with Gasteiger partial charge in [0.25, 0.3) is 5.69 Å². The minimum Gasteiger partial charge on any atom is -0.343 e. The third-order valence-corrected chi connectivity index (χ3v) is 3.63. The van der Waals surface area contributed by atoms with Crippen molar-refractivity contribution in [1.82, 2.24) is 4.57 Å². The number of halogens is 2. The number of nitro benzene ring substituents is 1. The molecule has 0 unspecified atom stereocenters. The summed E-state index contributed by atoms with van der Waals surface area (Å²) >= 11 is 5.77. The highest BCUT2D eigenvalue weighted by atomic mass is 35.5. The Kier molecular flexibility index (Phi) is 3.35. The zero-order valence-electron chi connectivity index (χ0n) is 10.8. The Bertz CT molecular complexity index is 845. The Labute approximate surface area is 124 Å². The van der Waals surface area contributed by atoms with E-state index >= 15 is 0 Å². The van der Waals surface area contributed by atoms with Crippen LogP contribution in [0.2, 0.25) is 5.02 Å². The summed E-state index contributed by atoms with van der Waals surface area (Å²) in [7, 11) is 0. The number of hydrogen-bond donors (Lipinski definition) is 0. The second-order valence-corrected chi connectivity index (χ2v) is 5.06. The van der Waals surface area contributed by atoms with E-state index in [1.165, 1.54) is 18.2 Å². The van der Waals surface area contributed by atoms with Gasteiger partial charge in [0, 0.05) is 34.8 Å². The highest BCUT2D eigenvalue weighted by molar-refractivity contribution is 6.30. The molecule has 0 N–H and O–H groups in total. The van der Waals surface area contributed by atoms with Crippen LogP contribution in [0, 0.1) is 15.9 Å². The van der Waals surface area contributed by atoms with Crippen LogP contribution >= 0.6 is 11.6 Å². The van der Waals surface area contributed by atoms with Crippen LogP contribution in [-0.2, 0) is 6.54 Å². The van der Waals surface area contributed by atoms with E-state index in [9.17, 15) is 14.5 Å². The molecule has 0 saturated heterocycles. The van der Waals surface area contributed by atoms with Gasteiger partial charge in [0.1, 0.15) is 5.82 Å². The lowest BCUT2D eigenvalue weighted by molar-refractivity contribution is -0.384. The largest absolute Gasteiger partial charge is 0.343 e. The first-order valence-electron chi connectivity index (χ1n) is 6.22. The molecule has 3 rings (SSSR count). The second-order valence-electron chi connectivity index (χ2n) is 4.66. The Hall–Kier alpha value is -2.40. The summed E-state index contributed by atoms with van der Waals surface area (Å²) in [4.78, 5) is 10.3. The van der Waals surface area contributed by atoms with Crippen LogP contribution in [0.15, 0.2) is 48.7 Å². The molecular formula is C15H10ClFN2O2. The fourth-order valence-corrected chi connectivity index (χ4v) is 2.49. The van der Waals surface area contributed by atoms with E-state index in [1.54, 1.807) is 30.5 Å². The van der Waals surface area contributed by atoms with Crippen molar-refractivity contribution >= 4 is 28.2 Å². The highest BCUT2D eigenvalue weighted by Gasteiger charge is 2.11. The Morgan fingerprint density at radius 2 is 2.05 bits per heavy atom. The van der Waals surface area contributed by atoms with Gasteiger partial charge in [0.2, 0.25) is 0 Å². The van der Waals surface area contributed by atoms with Gasteiger partial charge in [-0.05, 0) is 18.2 Å². The monoisotopic (exact) mass is 304 g/mol. The van der Waals surface area contributed by atoms with Crippen LogP contribution in [0.1, 0.15) is 5.56 Å². The Morgan fingerprint density at radius 3 is 2.81 bits per heavy atom. The molecule has 3 aromatic rings. The van der Waals surface area contributed by atoms with E-state index in [4.69, 9.17) is 11.6 Å². The van der Waals surface area contributed by atoms with Gasteiger partial charge >= 0.3 is 0 Å². The molecule has 0 fully saturated rings. The number of nitro groups is 1. The normalized spacial score (nSPS) is 11.0. The molecule has 4 nitrogen and oxygen atoms in total. The summed E-state index contributed by atoms with van der Waals surface area (Å²) in [6.45, 7) is 0.313. The molecule has 0 aliphatic heterocycles. The van der Waals surface area contributed by atoms with Crippen molar-refractivity contribution in [3.05, 3.63) is 75.2 Å². The lowest BCUT2D eigenvalue weighted by Gasteiger charge is -2.07. The smallest absolute Gasteiger partial charge is 0.270 e. The van der Waals surface area contributed by atoms with E-state index in [-0.39, 0.29) is 10.7 Å². The van der Waals surface area contributed by atoms with Crippen molar-refractivity contribution in [3.63, 3.8) is 0 Å². The van der Waals surface area contributed by atoms with Gasteiger partial charge in [-0.25, -0.2) is 4.39 Å². The molecule has 21 heavy (non-hydrogen) atoms. The van der Waals surface area contributed by atoms with Gasteiger partial charge in [0.15, 0.2) is 0 Å². The molecule has 0 spiro atoms. The first kappa shape index (κ1) is 13.6. The molecule has 1 aromatic heterocycles. The van der Waals surface area contributed by atoms with Crippen LogP contribution < -0.4 is 0 Å². The molecular weight excluding hydrogens is 295 g/mol. The Balaban J connectivity index is 2.02. The van der Waals surface area contributed by atoms with Crippen LogP contribution in [0.25, 0.3) is 10.9 Å². The van der Waals surface area contributed by atoms with Crippen molar-refractivity contribution in [3.8, 4) is 0 Å². The molecule has 0 aliphatic rings. The molecule has 0 aliphatic carbocycles. The lowest BCUT2D eigenvalue weighted by Crippen LogP contribution is -2.01. The number of aromatic nitrogens is 1. The zero-order chi connectivity index (χ0) is 15.0. The van der Waals surface area contributed by atoms with Crippen LogP contribution in [0.3, 0.4) is 0 Å². The summed E-state index contributed by atoms with van der Waals surface area (Å²) < 4.78 is 15.8. The maximum atomic E-state index is 13.9. The SMILES string of the molecule is O=[N+]([O-])c1ccc2c(ccn2Cc2cccc(Cl)c2F)c1. The molecule has 6 heteroatoms. The van der Waals surface area contributed by atoms with Gasteiger partial charge in [-0.15, -0.1) is 0 Å². The molecule has 106 valence electrons. The quantitative estimate of drug-likeness (QED) is 0.532. The number of non-ortho nitro benzene ring substituents is 1. The number of hydrogen-bond acceptors (Lipinski definition) is 2. The lowest BCUT2D eigenvalue weighted by atomic mass is 10.2. The molecule has 0 atom stereocenters. The van der Waals surface area contributed by atoms with Crippen molar-refractivity contribution in [2.24, 2.45) is 0 Å². The molecule has 1 heterocycles. The van der Waals surface area contributed by atoms with E-state index in [2.05, 4.69) is 0 Å². The maximum Gasteiger partial charge on any atom is 0.270 e. The topological polar surface area (TPSA) is 48.1 Å². The van der Waals surface area contributed by atoms with Crippen LogP contribution in [0.5, 0.6) is 0 Å². The summed E-state index contributed by atoms with van der Waals surface area (Å²) in [5.41, 5.74) is 1.31. The molecule has 0 amide bonds. The zero-order valence-corrected chi connectivity index (χ0v) is 11.5. The van der Waals surface area contributed by atoms with Crippen molar-refractivity contribution in [1.29, 1.82) is 0 Å². The number of fused-ring (bicyclic) bond motifs is 1. The fourth-order valence-electron chi connectivity index (χ4n) is 2.29. The summed E-state index contributed by atoms with van der Waals surface area (Å²) in [6, 6.07) is 11.2. The Morgan fingerprint density at radius 1 is 1.24 bits per heavy atom. The third kappa shape index (κ3) is 2.48. The van der Waals surface area contributed by atoms with Gasteiger partial charge in [-0.1, -0.05) is 23.7 Å². The summed E-state index contributed by atoms with van der Waals surface area (Å²) in [5, 5.41) is 11.6. The first-order chi connectivity index (χ1) is 10.1.